The van der Waals surface area contributed by atoms with Gasteiger partial charge in [-0.2, -0.15) is 0 Å². The molecule has 2 aromatic rings. The van der Waals surface area contributed by atoms with Crippen LogP contribution in [0.2, 0.25) is 10.0 Å². The summed E-state index contributed by atoms with van der Waals surface area (Å²) in [5, 5.41) is 3.66. The molecular formula is C15H11BrCl2FNO. The first-order valence-corrected chi connectivity index (χ1v) is 7.64. The van der Waals surface area contributed by atoms with Gasteiger partial charge in [-0.25, -0.2) is 4.39 Å². The SMILES string of the molecule is CC(NC(=O)c1ccc(Br)c(F)c1)c1ccc(Cl)c(Cl)c1. The largest absolute Gasteiger partial charge is 0.346 e. The predicted molar refractivity (Wildman–Crippen MR) is 86.4 cm³/mol. The van der Waals surface area contributed by atoms with Gasteiger partial charge < -0.3 is 5.32 Å². The number of benzene rings is 2. The molecule has 0 heterocycles. The fourth-order valence-electron chi connectivity index (χ4n) is 1.78. The lowest BCUT2D eigenvalue weighted by Gasteiger charge is -2.15. The highest BCUT2D eigenvalue weighted by molar-refractivity contribution is 9.10. The molecule has 110 valence electrons. The van der Waals surface area contributed by atoms with Gasteiger partial charge in [0.1, 0.15) is 5.82 Å². The van der Waals surface area contributed by atoms with Crippen LogP contribution in [-0.2, 0) is 0 Å². The van der Waals surface area contributed by atoms with Crippen molar-refractivity contribution in [3.63, 3.8) is 0 Å². The summed E-state index contributed by atoms with van der Waals surface area (Å²) in [7, 11) is 0. The third kappa shape index (κ3) is 3.96. The molecule has 6 heteroatoms. The Balaban J connectivity index is 2.14. The van der Waals surface area contributed by atoms with Crippen LogP contribution in [0.15, 0.2) is 40.9 Å². The minimum Gasteiger partial charge on any atom is -0.346 e. The van der Waals surface area contributed by atoms with E-state index < -0.39 is 5.82 Å². The summed E-state index contributed by atoms with van der Waals surface area (Å²) in [6.07, 6.45) is 0. The van der Waals surface area contributed by atoms with Gasteiger partial charge in [-0.3, -0.25) is 4.79 Å². The first-order chi connectivity index (χ1) is 9.88. The highest BCUT2D eigenvalue weighted by Crippen LogP contribution is 2.25. The summed E-state index contributed by atoms with van der Waals surface area (Å²) in [4.78, 5) is 12.1. The highest BCUT2D eigenvalue weighted by Gasteiger charge is 2.14. The summed E-state index contributed by atoms with van der Waals surface area (Å²) in [5.41, 5.74) is 1.07. The number of amides is 1. The lowest BCUT2D eigenvalue weighted by Crippen LogP contribution is -2.26. The molecule has 2 rings (SSSR count). The van der Waals surface area contributed by atoms with Crippen LogP contribution in [0, 0.1) is 5.82 Å². The van der Waals surface area contributed by atoms with Crippen molar-refractivity contribution in [1.82, 2.24) is 5.32 Å². The van der Waals surface area contributed by atoms with Gasteiger partial charge in [0, 0.05) is 5.56 Å². The second-order valence-electron chi connectivity index (χ2n) is 4.50. The molecule has 21 heavy (non-hydrogen) atoms. The van der Waals surface area contributed by atoms with Crippen LogP contribution in [0.4, 0.5) is 4.39 Å². The summed E-state index contributed by atoms with van der Waals surface area (Å²) < 4.78 is 13.8. The molecule has 0 fully saturated rings. The Morgan fingerprint density at radius 1 is 1.19 bits per heavy atom. The van der Waals surface area contributed by atoms with Crippen molar-refractivity contribution in [3.8, 4) is 0 Å². The topological polar surface area (TPSA) is 29.1 Å². The van der Waals surface area contributed by atoms with Crippen LogP contribution < -0.4 is 5.32 Å². The zero-order valence-corrected chi connectivity index (χ0v) is 14.1. The monoisotopic (exact) mass is 389 g/mol. The third-order valence-electron chi connectivity index (χ3n) is 2.97. The minimum absolute atomic E-state index is 0.252. The van der Waals surface area contributed by atoms with Gasteiger partial charge in [0.05, 0.1) is 20.6 Å². The normalized spacial score (nSPS) is 12.0. The third-order valence-corrected chi connectivity index (χ3v) is 4.36. The number of hydrogen-bond donors (Lipinski definition) is 1. The molecular weight excluding hydrogens is 380 g/mol. The molecule has 0 radical (unpaired) electrons. The first-order valence-electron chi connectivity index (χ1n) is 6.09. The maximum absolute atomic E-state index is 13.4. The average molecular weight is 391 g/mol. The number of hydrogen-bond acceptors (Lipinski definition) is 1. The zero-order chi connectivity index (χ0) is 15.6. The lowest BCUT2D eigenvalue weighted by molar-refractivity contribution is 0.0939. The second-order valence-corrected chi connectivity index (χ2v) is 6.17. The molecule has 0 spiro atoms. The first kappa shape index (κ1) is 16.3. The number of rotatable bonds is 3. The molecule has 0 aliphatic rings. The number of halogens is 4. The molecule has 2 aromatic carbocycles. The van der Waals surface area contributed by atoms with Crippen molar-refractivity contribution in [2.45, 2.75) is 13.0 Å². The smallest absolute Gasteiger partial charge is 0.251 e. The minimum atomic E-state index is -0.482. The van der Waals surface area contributed by atoms with Crippen molar-refractivity contribution in [2.24, 2.45) is 0 Å². The molecule has 0 aliphatic heterocycles. The summed E-state index contributed by atoms with van der Waals surface area (Å²) in [5.74, 6) is -0.843. The zero-order valence-electron chi connectivity index (χ0n) is 11.0. The second kappa shape index (κ2) is 6.77. The van der Waals surface area contributed by atoms with E-state index in [1.165, 1.54) is 12.1 Å². The standard InChI is InChI=1S/C15H11BrCl2FNO/c1-8(9-3-5-12(17)13(18)6-9)20-15(21)10-2-4-11(16)14(19)7-10/h2-8H,1H3,(H,20,21). The number of nitrogens with one attached hydrogen (secondary N) is 1. The molecule has 1 N–H and O–H groups in total. The molecule has 0 aliphatic carbocycles. The van der Waals surface area contributed by atoms with Crippen molar-refractivity contribution in [1.29, 1.82) is 0 Å². The lowest BCUT2D eigenvalue weighted by atomic mass is 10.1. The van der Waals surface area contributed by atoms with E-state index >= 15 is 0 Å². The van der Waals surface area contributed by atoms with Gasteiger partial charge in [0.2, 0.25) is 0 Å². The van der Waals surface area contributed by atoms with Crippen molar-refractivity contribution < 1.29 is 9.18 Å². The van der Waals surface area contributed by atoms with E-state index in [-0.39, 0.29) is 17.5 Å². The van der Waals surface area contributed by atoms with Crippen molar-refractivity contribution in [2.75, 3.05) is 0 Å². The van der Waals surface area contributed by atoms with E-state index in [0.717, 1.165) is 5.56 Å². The van der Waals surface area contributed by atoms with Crippen LogP contribution in [0.5, 0.6) is 0 Å². The Bertz CT molecular complexity index is 693. The quantitative estimate of drug-likeness (QED) is 0.748. The molecule has 1 atom stereocenters. The van der Waals surface area contributed by atoms with Gasteiger partial charge in [0.15, 0.2) is 0 Å². The Morgan fingerprint density at radius 2 is 1.90 bits per heavy atom. The summed E-state index contributed by atoms with van der Waals surface area (Å²) in [6.45, 7) is 1.81. The number of carbonyl (C=O) groups is 1. The van der Waals surface area contributed by atoms with E-state index in [1.807, 2.05) is 6.92 Å². The molecule has 0 bridgehead atoms. The van der Waals surface area contributed by atoms with Crippen LogP contribution in [0.1, 0.15) is 28.9 Å². The van der Waals surface area contributed by atoms with E-state index in [1.54, 1.807) is 24.3 Å². The molecule has 0 aromatic heterocycles. The van der Waals surface area contributed by atoms with Crippen LogP contribution in [-0.4, -0.2) is 5.91 Å². The van der Waals surface area contributed by atoms with Gasteiger partial charge in [-0.1, -0.05) is 29.3 Å². The fraction of sp³-hybridized carbons (Fsp3) is 0.133. The molecule has 0 saturated heterocycles. The van der Waals surface area contributed by atoms with Gasteiger partial charge in [-0.15, -0.1) is 0 Å². The number of carbonyl (C=O) groups excluding carboxylic acids is 1. The van der Waals surface area contributed by atoms with E-state index in [0.29, 0.717) is 14.5 Å². The summed E-state index contributed by atoms with van der Waals surface area (Å²) in [6, 6.07) is 9.08. The Labute approximate surface area is 140 Å². The van der Waals surface area contributed by atoms with Crippen molar-refractivity contribution in [3.05, 3.63) is 67.9 Å². The van der Waals surface area contributed by atoms with E-state index in [2.05, 4.69) is 21.2 Å². The molecule has 1 unspecified atom stereocenters. The fourth-order valence-corrected chi connectivity index (χ4v) is 2.34. The van der Waals surface area contributed by atoms with E-state index in [9.17, 15) is 9.18 Å². The van der Waals surface area contributed by atoms with Gasteiger partial charge in [-0.05, 0) is 58.7 Å². The van der Waals surface area contributed by atoms with Crippen molar-refractivity contribution >= 4 is 45.0 Å². The summed E-state index contributed by atoms with van der Waals surface area (Å²) >= 11 is 14.9. The van der Waals surface area contributed by atoms with E-state index in [4.69, 9.17) is 23.2 Å². The highest BCUT2D eigenvalue weighted by atomic mass is 79.9. The molecule has 1 amide bonds. The Morgan fingerprint density at radius 3 is 2.52 bits per heavy atom. The Hall–Kier alpha value is -1.10. The van der Waals surface area contributed by atoms with Gasteiger partial charge >= 0.3 is 0 Å². The Kier molecular flexibility index (Phi) is 5.25. The molecule has 0 saturated carbocycles. The van der Waals surface area contributed by atoms with Crippen LogP contribution in [0.3, 0.4) is 0 Å². The van der Waals surface area contributed by atoms with Crippen LogP contribution >= 0.6 is 39.1 Å². The van der Waals surface area contributed by atoms with Crippen LogP contribution in [0.25, 0.3) is 0 Å². The predicted octanol–water partition coefficient (Wildman–Crippen LogP) is 5.39. The average Bonchev–Trinajstić information content (AvgIpc) is 2.44. The molecule has 2 nitrogen and oxygen atoms in total. The maximum Gasteiger partial charge on any atom is 0.251 e. The maximum atomic E-state index is 13.4. The van der Waals surface area contributed by atoms with Gasteiger partial charge in [0.25, 0.3) is 5.91 Å².